The summed E-state index contributed by atoms with van der Waals surface area (Å²) in [6, 6.07) is 17.2. The Morgan fingerprint density at radius 3 is 2.53 bits per heavy atom. The van der Waals surface area contributed by atoms with E-state index < -0.39 is 0 Å². The lowest BCUT2D eigenvalue weighted by molar-refractivity contribution is -0.642. The number of aromatic nitrogens is 1. The van der Waals surface area contributed by atoms with Gasteiger partial charge in [0.1, 0.15) is 11.7 Å². The van der Waals surface area contributed by atoms with E-state index in [9.17, 15) is 0 Å². The molecule has 0 spiro atoms. The minimum absolute atomic E-state index is 1.08. The molecule has 0 atom stereocenters. The minimum Gasteiger partial charge on any atom is -0.377 e. The van der Waals surface area contributed by atoms with E-state index in [2.05, 4.69) is 115 Å². The molecule has 0 radical (unpaired) electrons. The zero-order chi connectivity index (χ0) is 22.2. The van der Waals surface area contributed by atoms with Gasteiger partial charge in [-0.2, -0.15) is 4.57 Å². The van der Waals surface area contributed by atoms with Crippen LogP contribution in [0.3, 0.4) is 0 Å². The van der Waals surface area contributed by atoms with Crippen LogP contribution in [0.2, 0.25) is 0 Å². The fourth-order valence-electron chi connectivity index (χ4n) is 4.49. The largest absolute Gasteiger partial charge is 0.377 e. The zero-order valence-electron chi connectivity index (χ0n) is 19.0. The number of para-hydroxylation sites is 2. The quantitative estimate of drug-likeness (QED) is 0.422. The molecule has 0 unspecified atom stereocenters. The van der Waals surface area contributed by atoms with Crippen LogP contribution >= 0.6 is 23.1 Å². The van der Waals surface area contributed by atoms with Crippen molar-refractivity contribution in [3.63, 3.8) is 0 Å². The molecule has 0 saturated carbocycles. The van der Waals surface area contributed by atoms with Crippen molar-refractivity contribution < 1.29 is 4.57 Å². The average Bonchev–Trinajstić information content (AvgIpc) is 3.45. The number of anilines is 1. The van der Waals surface area contributed by atoms with Gasteiger partial charge in [0.15, 0.2) is 0 Å². The minimum atomic E-state index is 1.08. The third kappa shape index (κ3) is 3.80. The van der Waals surface area contributed by atoms with Crippen LogP contribution in [-0.2, 0) is 7.05 Å². The highest BCUT2D eigenvalue weighted by molar-refractivity contribution is 8.03. The zero-order valence-corrected chi connectivity index (χ0v) is 20.6. The maximum Gasteiger partial charge on any atom is 0.262 e. The number of hydrogen-bond acceptors (Lipinski definition) is 4. The van der Waals surface area contributed by atoms with Gasteiger partial charge in [-0.25, -0.2) is 0 Å². The number of rotatable bonds is 4. The molecule has 0 amide bonds. The summed E-state index contributed by atoms with van der Waals surface area (Å²) in [4.78, 5) is 5.88. The van der Waals surface area contributed by atoms with Crippen LogP contribution in [0.25, 0.3) is 16.3 Å². The van der Waals surface area contributed by atoms with E-state index in [0.29, 0.717) is 0 Å². The molecular formula is C27H28N3S2+. The molecule has 0 saturated heterocycles. The van der Waals surface area contributed by atoms with Gasteiger partial charge >= 0.3 is 0 Å². The molecule has 2 aliphatic rings. The highest BCUT2D eigenvalue weighted by Crippen LogP contribution is 2.45. The topological polar surface area (TPSA) is 10.4 Å². The van der Waals surface area contributed by atoms with Crippen molar-refractivity contribution in [3.05, 3.63) is 93.6 Å². The van der Waals surface area contributed by atoms with Crippen molar-refractivity contribution in [1.82, 2.24) is 4.90 Å². The van der Waals surface area contributed by atoms with Crippen molar-refractivity contribution >= 4 is 45.1 Å². The fraction of sp³-hybridized carbons (Fsp3) is 0.222. The molecule has 1 aromatic heterocycles. The smallest absolute Gasteiger partial charge is 0.262 e. The van der Waals surface area contributed by atoms with E-state index in [-0.39, 0.29) is 0 Å². The second-order valence-corrected chi connectivity index (χ2v) is 10.5. The maximum absolute atomic E-state index is 2.32. The Balaban J connectivity index is 1.44. The Hall–Kier alpha value is -2.76. The number of aryl methyl sites for hydroxylation is 1. The van der Waals surface area contributed by atoms with Crippen LogP contribution < -0.4 is 9.47 Å². The Bertz CT molecular complexity index is 1310. The van der Waals surface area contributed by atoms with Crippen LogP contribution in [0.15, 0.2) is 93.5 Å². The summed E-state index contributed by atoms with van der Waals surface area (Å²) in [7, 11) is 8.61. The molecule has 2 aromatic carbocycles. The van der Waals surface area contributed by atoms with Crippen molar-refractivity contribution in [1.29, 1.82) is 0 Å². The van der Waals surface area contributed by atoms with E-state index in [1.54, 1.807) is 0 Å². The number of likely N-dealkylation sites (N-methyl/N-ethyl adjacent to an activating group) is 1. The second-order valence-electron chi connectivity index (χ2n) is 8.39. The third-order valence-electron chi connectivity index (χ3n) is 6.12. The summed E-state index contributed by atoms with van der Waals surface area (Å²) in [5, 5.41) is 2.55. The second kappa shape index (κ2) is 8.64. The lowest BCUT2D eigenvalue weighted by Crippen LogP contribution is -2.28. The summed E-state index contributed by atoms with van der Waals surface area (Å²) in [6.45, 7) is 0. The van der Waals surface area contributed by atoms with Crippen molar-refractivity contribution in [2.24, 2.45) is 7.05 Å². The number of thiazole rings is 1. The first kappa shape index (κ1) is 21.1. The molecule has 5 rings (SSSR count). The number of nitrogens with zero attached hydrogens (tertiary/aromatic N) is 3. The molecule has 32 heavy (non-hydrogen) atoms. The first-order valence-electron chi connectivity index (χ1n) is 10.9. The van der Waals surface area contributed by atoms with Crippen LogP contribution in [0.4, 0.5) is 5.69 Å². The summed E-state index contributed by atoms with van der Waals surface area (Å²) < 4.78 is 3.61. The van der Waals surface area contributed by atoms with Crippen LogP contribution in [0.1, 0.15) is 17.8 Å². The molecule has 3 nitrogen and oxygen atoms in total. The Labute approximate surface area is 198 Å². The van der Waals surface area contributed by atoms with Gasteiger partial charge in [0, 0.05) is 43.9 Å². The monoisotopic (exact) mass is 458 g/mol. The molecule has 3 aromatic rings. The number of benzene rings is 2. The molecule has 5 heteroatoms. The molecule has 0 fully saturated rings. The maximum atomic E-state index is 2.32. The normalized spacial score (nSPS) is 18.7. The number of fused-ring (bicyclic) bond motifs is 2. The van der Waals surface area contributed by atoms with Crippen LogP contribution in [0.5, 0.6) is 0 Å². The highest BCUT2D eigenvalue weighted by Gasteiger charge is 2.23. The summed E-state index contributed by atoms with van der Waals surface area (Å²) in [6.07, 6.45) is 11.4. The number of hydrogen-bond donors (Lipinski definition) is 0. The van der Waals surface area contributed by atoms with Gasteiger partial charge in [0.25, 0.3) is 5.01 Å². The lowest BCUT2D eigenvalue weighted by atomic mass is 10.1. The van der Waals surface area contributed by atoms with Crippen molar-refractivity contribution in [2.75, 3.05) is 26.0 Å². The van der Waals surface area contributed by atoms with Gasteiger partial charge in [0.05, 0.1) is 10.7 Å². The van der Waals surface area contributed by atoms with Gasteiger partial charge in [-0.1, -0.05) is 53.4 Å². The Morgan fingerprint density at radius 2 is 1.75 bits per heavy atom. The van der Waals surface area contributed by atoms with E-state index >= 15 is 0 Å². The lowest BCUT2D eigenvalue weighted by Gasteiger charge is -2.17. The van der Waals surface area contributed by atoms with Gasteiger partial charge in [-0.05, 0) is 54.3 Å². The fourth-order valence-corrected chi connectivity index (χ4v) is 6.59. The molecular weight excluding hydrogens is 430 g/mol. The van der Waals surface area contributed by atoms with Gasteiger partial charge in [-0.15, -0.1) is 0 Å². The van der Waals surface area contributed by atoms with Crippen LogP contribution in [-0.4, -0.2) is 26.0 Å². The van der Waals surface area contributed by atoms with Gasteiger partial charge in [0.2, 0.25) is 5.52 Å². The molecule has 1 aliphatic heterocycles. The Morgan fingerprint density at radius 1 is 0.969 bits per heavy atom. The molecule has 162 valence electrons. The third-order valence-corrected chi connectivity index (χ3v) is 8.49. The molecule has 2 heterocycles. The number of allylic oxidation sites excluding steroid dienone is 5. The Kier molecular flexibility index (Phi) is 5.70. The molecule has 0 bridgehead atoms. The predicted octanol–water partition coefficient (Wildman–Crippen LogP) is 6.36. The standard InChI is InChI=1S/C27H28N3S2/c1-28(2)27-19(15-17-25-29(3)21-9-5-7-11-23(21)31-25)13-14-20(27)16-18-26-30(4)22-10-6-8-12-24(22)32-26/h5-12,15-18H,13-14H2,1-4H3/q+1. The molecule has 1 aliphatic carbocycles. The average molecular weight is 459 g/mol. The van der Waals surface area contributed by atoms with Crippen molar-refractivity contribution in [2.45, 2.75) is 17.7 Å². The highest BCUT2D eigenvalue weighted by atomic mass is 32.2. The van der Waals surface area contributed by atoms with Crippen LogP contribution in [0, 0.1) is 0 Å². The van der Waals surface area contributed by atoms with E-state index in [1.807, 2.05) is 23.1 Å². The SMILES string of the molecule is CN(C)C1=C(/C=C/c2sc3ccccc3[n+]2C)CC/C1=C\C=C1/Sc2ccccc2N1C. The van der Waals surface area contributed by atoms with Gasteiger partial charge < -0.3 is 9.80 Å². The van der Waals surface area contributed by atoms with Gasteiger partial charge in [-0.3, -0.25) is 0 Å². The van der Waals surface area contributed by atoms with E-state index in [4.69, 9.17) is 0 Å². The van der Waals surface area contributed by atoms with E-state index in [0.717, 1.165) is 12.8 Å². The van der Waals surface area contributed by atoms with Crippen molar-refractivity contribution in [3.8, 4) is 0 Å². The summed E-state index contributed by atoms with van der Waals surface area (Å²) in [5.41, 5.74) is 6.75. The first-order chi connectivity index (χ1) is 15.5. The molecule has 0 N–H and O–H groups in total. The van der Waals surface area contributed by atoms with E-state index in [1.165, 1.54) is 47.7 Å². The first-order valence-corrected chi connectivity index (χ1v) is 12.5. The summed E-state index contributed by atoms with van der Waals surface area (Å²) >= 11 is 3.69. The summed E-state index contributed by atoms with van der Waals surface area (Å²) in [5.74, 6) is 0. The number of thioether (sulfide) groups is 1. The predicted molar refractivity (Wildman–Crippen MR) is 139 cm³/mol.